The Labute approximate surface area is 139 Å². The number of epoxide rings is 1. The highest BCUT2D eigenvalue weighted by Crippen LogP contribution is 2.51. The molecule has 126 valence electrons. The number of phenols is 1. The predicted molar refractivity (Wildman–Crippen MR) is 90.7 cm³/mol. The lowest BCUT2D eigenvalue weighted by Gasteiger charge is -2.34. The molecule has 0 radical (unpaired) electrons. The second-order valence-corrected chi connectivity index (χ2v) is 7.55. The molecule has 1 aromatic carbocycles. The van der Waals surface area contributed by atoms with Crippen LogP contribution in [-0.2, 0) is 10.2 Å². The molecule has 0 bridgehead atoms. The monoisotopic (exact) mass is 328 g/mol. The van der Waals surface area contributed by atoms with Crippen molar-refractivity contribution in [2.75, 3.05) is 6.61 Å². The van der Waals surface area contributed by atoms with Crippen LogP contribution in [0.25, 0.3) is 17.0 Å². The van der Waals surface area contributed by atoms with E-state index < -0.39 is 16.6 Å². The summed E-state index contributed by atoms with van der Waals surface area (Å²) in [5.74, 6) is 0.620. The molecular formula is C19H20O5. The molecule has 3 heterocycles. The van der Waals surface area contributed by atoms with Crippen LogP contribution in [0.5, 0.6) is 11.5 Å². The normalized spacial score (nSPS) is 21.4. The molecule has 0 amide bonds. The molecular weight excluding hydrogens is 308 g/mol. The van der Waals surface area contributed by atoms with Crippen LogP contribution in [0.2, 0.25) is 0 Å². The van der Waals surface area contributed by atoms with Crippen molar-refractivity contribution in [3.63, 3.8) is 0 Å². The quantitative estimate of drug-likeness (QED) is 0.676. The fourth-order valence-corrected chi connectivity index (χ4v) is 3.33. The van der Waals surface area contributed by atoms with Gasteiger partial charge in [0.25, 0.3) is 0 Å². The van der Waals surface area contributed by atoms with E-state index in [4.69, 9.17) is 13.9 Å². The molecule has 2 aliphatic heterocycles. The van der Waals surface area contributed by atoms with Crippen LogP contribution in [0.4, 0.5) is 0 Å². The lowest BCUT2D eigenvalue weighted by molar-refractivity contribution is 0.153. The zero-order chi connectivity index (χ0) is 17.3. The van der Waals surface area contributed by atoms with E-state index in [1.807, 2.05) is 39.8 Å². The number of rotatable bonds is 2. The number of phenolic OH excluding ortho intramolecular Hbond substituents is 1. The van der Waals surface area contributed by atoms with Gasteiger partial charge in [0.05, 0.1) is 23.7 Å². The highest BCUT2D eigenvalue weighted by atomic mass is 16.6. The van der Waals surface area contributed by atoms with Crippen LogP contribution in [-0.4, -0.2) is 23.4 Å². The van der Waals surface area contributed by atoms with Crippen LogP contribution in [0, 0.1) is 0 Å². The second-order valence-electron chi connectivity index (χ2n) is 7.55. The summed E-state index contributed by atoms with van der Waals surface area (Å²) in [6.45, 7) is 8.62. The first-order chi connectivity index (χ1) is 11.2. The molecule has 0 saturated carbocycles. The lowest BCUT2D eigenvalue weighted by atomic mass is 9.78. The lowest BCUT2D eigenvalue weighted by Crippen LogP contribution is -2.32. The van der Waals surface area contributed by atoms with E-state index in [1.165, 1.54) is 6.07 Å². The van der Waals surface area contributed by atoms with Gasteiger partial charge >= 0.3 is 5.63 Å². The van der Waals surface area contributed by atoms with E-state index in [2.05, 4.69) is 0 Å². The Bertz CT molecular complexity index is 929. The van der Waals surface area contributed by atoms with Gasteiger partial charge in [0.15, 0.2) is 0 Å². The standard InChI is InChI=1S/C19H20O5/c1-18(2)8-7-11-15(21)10-5-6-13(20)23-16(10)14(17(11)24-18)19(3,4)12-9-22-12/h5-8,12,21H,9H2,1-4H3. The molecule has 2 aromatic rings. The number of hydrogen-bond acceptors (Lipinski definition) is 5. The van der Waals surface area contributed by atoms with Gasteiger partial charge in [-0.05, 0) is 32.1 Å². The van der Waals surface area contributed by atoms with Crippen molar-refractivity contribution < 1.29 is 19.0 Å². The van der Waals surface area contributed by atoms with Gasteiger partial charge in [0.2, 0.25) is 0 Å². The van der Waals surface area contributed by atoms with E-state index in [0.29, 0.717) is 28.9 Å². The third-order valence-electron chi connectivity index (χ3n) is 4.84. The SMILES string of the molecule is CC1(C)C=Cc2c(c(C(C)(C)C3CO3)c3oc(=O)ccc3c2O)O1. The van der Waals surface area contributed by atoms with Crippen molar-refractivity contribution in [1.82, 2.24) is 0 Å². The number of benzene rings is 1. The van der Waals surface area contributed by atoms with Crippen LogP contribution in [0.1, 0.15) is 38.8 Å². The van der Waals surface area contributed by atoms with Crippen molar-refractivity contribution in [2.24, 2.45) is 0 Å². The van der Waals surface area contributed by atoms with Gasteiger partial charge in [-0.1, -0.05) is 13.8 Å². The average molecular weight is 328 g/mol. The number of fused-ring (bicyclic) bond motifs is 2. The predicted octanol–water partition coefficient (Wildman–Crippen LogP) is 3.36. The van der Waals surface area contributed by atoms with Crippen molar-refractivity contribution in [3.8, 4) is 11.5 Å². The van der Waals surface area contributed by atoms with Crippen molar-refractivity contribution in [1.29, 1.82) is 0 Å². The van der Waals surface area contributed by atoms with Gasteiger partial charge < -0.3 is 19.0 Å². The summed E-state index contributed by atoms with van der Waals surface area (Å²) in [4.78, 5) is 11.8. The Kier molecular flexibility index (Phi) is 2.95. The van der Waals surface area contributed by atoms with Crippen LogP contribution >= 0.6 is 0 Å². The first-order valence-electron chi connectivity index (χ1n) is 8.04. The van der Waals surface area contributed by atoms with Crippen molar-refractivity contribution >= 4 is 17.0 Å². The molecule has 5 heteroatoms. The summed E-state index contributed by atoms with van der Waals surface area (Å²) in [5.41, 5.74) is 0.348. The number of hydrogen-bond donors (Lipinski definition) is 1. The fourth-order valence-electron chi connectivity index (χ4n) is 3.33. The maximum atomic E-state index is 11.8. The molecule has 1 fully saturated rings. The van der Waals surface area contributed by atoms with Crippen molar-refractivity contribution in [2.45, 2.75) is 44.8 Å². The average Bonchev–Trinajstić information content (AvgIpc) is 3.30. The zero-order valence-corrected chi connectivity index (χ0v) is 14.2. The minimum atomic E-state index is -0.516. The number of aromatic hydroxyl groups is 1. The van der Waals surface area contributed by atoms with E-state index in [0.717, 1.165) is 5.56 Å². The van der Waals surface area contributed by atoms with Crippen LogP contribution < -0.4 is 10.4 Å². The molecule has 24 heavy (non-hydrogen) atoms. The van der Waals surface area contributed by atoms with Gasteiger partial charge in [0.1, 0.15) is 22.7 Å². The first kappa shape index (κ1) is 15.3. The molecule has 1 atom stereocenters. The summed E-state index contributed by atoms with van der Waals surface area (Å²) >= 11 is 0. The van der Waals surface area contributed by atoms with Gasteiger partial charge in [0, 0.05) is 17.0 Å². The molecule has 0 spiro atoms. The molecule has 1 saturated heterocycles. The topological polar surface area (TPSA) is 72.2 Å². The molecule has 1 N–H and O–H groups in total. The summed E-state index contributed by atoms with van der Waals surface area (Å²) in [5, 5.41) is 11.2. The van der Waals surface area contributed by atoms with Gasteiger partial charge in [-0.2, -0.15) is 0 Å². The first-order valence-corrected chi connectivity index (χ1v) is 8.04. The Morgan fingerprint density at radius 2 is 2.00 bits per heavy atom. The molecule has 1 aromatic heterocycles. The second kappa shape index (κ2) is 4.63. The maximum Gasteiger partial charge on any atom is 0.336 e. The van der Waals surface area contributed by atoms with Crippen LogP contribution in [0.15, 0.2) is 27.4 Å². The summed E-state index contributed by atoms with van der Waals surface area (Å²) in [6.07, 6.45) is 3.80. The Morgan fingerprint density at radius 3 is 2.67 bits per heavy atom. The minimum absolute atomic E-state index is 0.0254. The van der Waals surface area contributed by atoms with Crippen LogP contribution in [0.3, 0.4) is 0 Å². The molecule has 5 nitrogen and oxygen atoms in total. The van der Waals surface area contributed by atoms with Gasteiger partial charge in [-0.15, -0.1) is 0 Å². The van der Waals surface area contributed by atoms with E-state index in [1.54, 1.807) is 6.07 Å². The minimum Gasteiger partial charge on any atom is -0.506 e. The van der Waals surface area contributed by atoms with Crippen molar-refractivity contribution in [3.05, 3.63) is 39.8 Å². The maximum absolute atomic E-state index is 11.8. The fraction of sp³-hybridized carbons (Fsp3) is 0.421. The molecule has 0 aliphatic carbocycles. The van der Waals surface area contributed by atoms with E-state index in [9.17, 15) is 9.90 Å². The Hall–Kier alpha value is -2.27. The van der Waals surface area contributed by atoms with E-state index >= 15 is 0 Å². The van der Waals surface area contributed by atoms with Gasteiger partial charge in [-0.3, -0.25) is 0 Å². The summed E-state index contributed by atoms with van der Waals surface area (Å²) < 4.78 is 17.2. The number of ether oxygens (including phenoxy) is 2. The largest absolute Gasteiger partial charge is 0.506 e. The Morgan fingerprint density at radius 1 is 1.29 bits per heavy atom. The highest BCUT2D eigenvalue weighted by molar-refractivity contribution is 5.94. The highest BCUT2D eigenvalue weighted by Gasteiger charge is 2.46. The Balaban J connectivity index is 2.15. The van der Waals surface area contributed by atoms with E-state index in [-0.39, 0.29) is 11.9 Å². The molecule has 2 aliphatic rings. The smallest absolute Gasteiger partial charge is 0.336 e. The van der Waals surface area contributed by atoms with Gasteiger partial charge in [-0.25, -0.2) is 4.79 Å². The third-order valence-corrected chi connectivity index (χ3v) is 4.84. The molecule has 4 rings (SSSR count). The zero-order valence-electron chi connectivity index (χ0n) is 14.2. The summed E-state index contributed by atoms with van der Waals surface area (Å²) in [6, 6.07) is 2.91. The summed E-state index contributed by atoms with van der Waals surface area (Å²) in [7, 11) is 0. The third kappa shape index (κ3) is 2.15. The molecule has 1 unspecified atom stereocenters.